The van der Waals surface area contributed by atoms with Gasteiger partial charge in [0.15, 0.2) is 17.2 Å². The van der Waals surface area contributed by atoms with E-state index in [1.807, 2.05) is 0 Å². The predicted molar refractivity (Wildman–Crippen MR) is 87.6 cm³/mol. The normalized spacial score (nSPS) is 15.3. The largest absolute Gasteiger partial charge is 0.466 e. The molecular formula is C15H23BrO9. The SMILES string of the molecule is CO[C@H](Br)C(OC(C)=O)[C@@H](OC(C)=O)[C@@H](CCOC(C)=O)OC(C)=O. The molecule has 1 unspecified atom stereocenters. The number of carbonyl (C=O) groups excluding carboxylic acids is 4. The third kappa shape index (κ3) is 10.0. The standard InChI is InChI=1S/C15H23BrO9/c1-8(17)22-7-6-12(23-9(2)18)13(24-10(3)19)14(15(16)21-5)25-11(4)20/h12-15H,6-7H2,1-5H3/t12-,13+,14?,15+/m1/s1. The molecule has 0 aromatic carbocycles. The molecule has 0 N–H and O–H groups in total. The summed E-state index contributed by atoms with van der Waals surface area (Å²) in [7, 11) is 1.35. The molecule has 4 atom stereocenters. The van der Waals surface area contributed by atoms with Crippen LogP contribution in [0.2, 0.25) is 0 Å². The minimum Gasteiger partial charge on any atom is -0.466 e. The first-order valence-electron chi connectivity index (χ1n) is 7.40. The minimum atomic E-state index is -1.18. The van der Waals surface area contributed by atoms with Crippen molar-refractivity contribution in [2.45, 2.75) is 57.4 Å². The van der Waals surface area contributed by atoms with Crippen LogP contribution in [0, 0.1) is 0 Å². The number of methoxy groups -OCH3 is 1. The molecule has 0 aromatic heterocycles. The molecule has 0 amide bonds. The van der Waals surface area contributed by atoms with Crippen LogP contribution in [0.1, 0.15) is 34.1 Å². The Morgan fingerprint density at radius 1 is 0.800 bits per heavy atom. The predicted octanol–water partition coefficient (Wildman–Crippen LogP) is 1.10. The maximum atomic E-state index is 11.5. The number of carbonyl (C=O) groups is 4. The molecule has 0 fully saturated rings. The number of ether oxygens (including phenoxy) is 5. The molecule has 144 valence electrons. The summed E-state index contributed by atoms with van der Waals surface area (Å²) in [4.78, 5) is 45.2. The van der Waals surface area contributed by atoms with Crippen molar-refractivity contribution in [1.82, 2.24) is 0 Å². The lowest BCUT2D eigenvalue weighted by atomic mass is 10.0. The second-order valence-electron chi connectivity index (χ2n) is 5.01. The van der Waals surface area contributed by atoms with Gasteiger partial charge in [-0.15, -0.1) is 0 Å². The van der Waals surface area contributed by atoms with Gasteiger partial charge in [0, 0.05) is 41.2 Å². The fourth-order valence-corrected chi connectivity index (χ4v) is 2.37. The van der Waals surface area contributed by atoms with Gasteiger partial charge in [0.1, 0.15) is 6.10 Å². The van der Waals surface area contributed by atoms with E-state index in [-0.39, 0.29) is 13.0 Å². The van der Waals surface area contributed by atoms with Gasteiger partial charge in [-0.25, -0.2) is 0 Å². The van der Waals surface area contributed by atoms with E-state index in [4.69, 9.17) is 23.7 Å². The first-order valence-corrected chi connectivity index (χ1v) is 8.31. The van der Waals surface area contributed by atoms with Crippen LogP contribution in [-0.2, 0) is 42.9 Å². The van der Waals surface area contributed by atoms with E-state index in [0.29, 0.717) is 0 Å². The van der Waals surface area contributed by atoms with E-state index in [1.54, 1.807) is 0 Å². The molecule has 0 heterocycles. The van der Waals surface area contributed by atoms with Crippen molar-refractivity contribution >= 4 is 39.8 Å². The molecule has 0 radical (unpaired) electrons. The highest BCUT2D eigenvalue weighted by atomic mass is 79.9. The summed E-state index contributed by atoms with van der Waals surface area (Å²) >= 11 is 3.17. The Bertz CT molecular complexity index is 480. The summed E-state index contributed by atoms with van der Waals surface area (Å²) in [6, 6.07) is 0. The Morgan fingerprint density at radius 3 is 1.68 bits per heavy atom. The fraction of sp³-hybridized carbons (Fsp3) is 0.733. The average molecular weight is 427 g/mol. The summed E-state index contributed by atoms with van der Waals surface area (Å²) < 4.78 is 25.5. The Balaban J connectivity index is 5.56. The molecule has 0 spiro atoms. The van der Waals surface area contributed by atoms with E-state index in [0.717, 1.165) is 6.92 Å². The fourth-order valence-electron chi connectivity index (χ4n) is 1.96. The number of esters is 4. The molecule has 0 aromatic rings. The van der Waals surface area contributed by atoms with Gasteiger partial charge in [0.05, 0.1) is 6.61 Å². The minimum absolute atomic E-state index is 0.0261. The van der Waals surface area contributed by atoms with Crippen LogP contribution in [0.5, 0.6) is 0 Å². The maximum Gasteiger partial charge on any atom is 0.303 e. The van der Waals surface area contributed by atoms with Crippen LogP contribution in [0.15, 0.2) is 0 Å². The van der Waals surface area contributed by atoms with Crippen LogP contribution in [0.3, 0.4) is 0 Å². The number of alkyl halides is 1. The smallest absolute Gasteiger partial charge is 0.303 e. The van der Waals surface area contributed by atoms with Crippen molar-refractivity contribution in [1.29, 1.82) is 0 Å². The second-order valence-corrected chi connectivity index (χ2v) is 5.91. The molecule has 10 heteroatoms. The van der Waals surface area contributed by atoms with Crippen molar-refractivity contribution in [3.8, 4) is 0 Å². The lowest BCUT2D eigenvalue weighted by molar-refractivity contribution is -0.190. The maximum absolute atomic E-state index is 11.5. The van der Waals surface area contributed by atoms with Gasteiger partial charge in [0.25, 0.3) is 0 Å². The van der Waals surface area contributed by atoms with E-state index in [1.165, 1.54) is 27.9 Å². The Kier molecular flexibility index (Phi) is 11.0. The molecule has 25 heavy (non-hydrogen) atoms. The van der Waals surface area contributed by atoms with Crippen LogP contribution in [-0.4, -0.2) is 60.9 Å². The molecule has 0 saturated heterocycles. The van der Waals surface area contributed by atoms with Gasteiger partial charge in [-0.05, 0) is 0 Å². The van der Waals surface area contributed by atoms with Crippen LogP contribution in [0.25, 0.3) is 0 Å². The van der Waals surface area contributed by atoms with Gasteiger partial charge in [-0.2, -0.15) is 0 Å². The zero-order valence-electron chi connectivity index (χ0n) is 14.8. The van der Waals surface area contributed by atoms with Crippen LogP contribution in [0.4, 0.5) is 0 Å². The van der Waals surface area contributed by atoms with Gasteiger partial charge in [-0.1, -0.05) is 15.9 Å². The Morgan fingerprint density at radius 2 is 1.28 bits per heavy atom. The van der Waals surface area contributed by atoms with Crippen molar-refractivity contribution in [2.75, 3.05) is 13.7 Å². The van der Waals surface area contributed by atoms with Crippen molar-refractivity contribution in [3.05, 3.63) is 0 Å². The zero-order chi connectivity index (χ0) is 19.6. The summed E-state index contributed by atoms with van der Waals surface area (Å²) in [6.07, 6.45) is -3.28. The third-order valence-electron chi connectivity index (χ3n) is 2.80. The summed E-state index contributed by atoms with van der Waals surface area (Å²) in [5.41, 5.74) is 0. The molecule has 9 nitrogen and oxygen atoms in total. The van der Waals surface area contributed by atoms with Crippen molar-refractivity contribution in [2.24, 2.45) is 0 Å². The molecule has 0 rings (SSSR count). The highest BCUT2D eigenvalue weighted by Crippen LogP contribution is 2.23. The molecule has 0 aliphatic heterocycles. The second kappa shape index (κ2) is 11.8. The van der Waals surface area contributed by atoms with Crippen LogP contribution < -0.4 is 0 Å². The van der Waals surface area contributed by atoms with Crippen LogP contribution >= 0.6 is 15.9 Å². The Labute approximate surface area is 154 Å². The van der Waals surface area contributed by atoms with E-state index >= 15 is 0 Å². The number of hydrogen-bond donors (Lipinski definition) is 0. The molecule has 0 aliphatic rings. The Hall–Kier alpha value is -1.68. The topological polar surface area (TPSA) is 114 Å². The lowest BCUT2D eigenvalue weighted by Gasteiger charge is -2.33. The third-order valence-corrected chi connectivity index (χ3v) is 3.70. The number of halogens is 1. The quantitative estimate of drug-likeness (QED) is 0.287. The molecule has 0 saturated carbocycles. The molecule has 0 bridgehead atoms. The average Bonchev–Trinajstić information content (AvgIpc) is 2.47. The van der Waals surface area contributed by atoms with Gasteiger partial charge >= 0.3 is 23.9 Å². The monoisotopic (exact) mass is 426 g/mol. The van der Waals surface area contributed by atoms with E-state index < -0.39 is 47.2 Å². The van der Waals surface area contributed by atoms with Gasteiger partial charge < -0.3 is 23.7 Å². The highest BCUT2D eigenvalue weighted by molar-refractivity contribution is 9.09. The summed E-state index contributed by atoms with van der Waals surface area (Å²) in [5.74, 6) is -2.49. The van der Waals surface area contributed by atoms with Gasteiger partial charge in [-0.3, -0.25) is 19.2 Å². The molecular weight excluding hydrogens is 404 g/mol. The lowest BCUT2D eigenvalue weighted by Crippen LogP contribution is -2.49. The van der Waals surface area contributed by atoms with Crippen molar-refractivity contribution in [3.63, 3.8) is 0 Å². The van der Waals surface area contributed by atoms with E-state index in [9.17, 15) is 19.2 Å². The molecule has 0 aliphatic carbocycles. The summed E-state index contributed by atoms with van der Waals surface area (Å²) in [5, 5.41) is -0.840. The van der Waals surface area contributed by atoms with Gasteiger partial charge in [0.2, 0.25) is 0 Å². The first-order chi connectivity index (χ1) is 11.6. The van der Waals surface area contributed by atoms with Crippen molar-refractivity contribution < 1.29 is 42.9 Å². The number of hydrogen-bond acceptors (Lipinski definition) is 9. The summed E-state index contributed by atoms with van der Waals surface area (Å²) in [6.45, 7) is 4.65. The number of rotatable bonds is 10. The zero-order valence-corrected chi connectivity index (χ0v) is 16.4. The first kappa shape index (κ1) is 23.3. The van der Waals surface area contributed by atoms with E-state index in [2.05, 4.69) is 15.9 Å². The highest BCUT2D eigenvalue weighted by Gasteiger charge is 2.41.